The van der Waals surface area contributed by atoms with E-state index in [1.54, 1.807) is 30.1 Å². The molecule has 0 aliphatic rings. The lowest BCUT2D eigenvalue weighted by molar-refractivity contribution is -0.137. The SMILES string of the molecule is Cn1nc(CNS(=O)(=O)Cc2ccc(C(F)(F)F)cc2)cc1-c1ccccn1. The lowest BCUT2D eigenvalue weighted by atomic mass is 10.1. The largest absolute Gasteiger partial charge is 0.416 e. The molecule has 0 atom stereocenters. The highest BCUT2D eigenvalue weighted by Gasteiger charge is 2.30. The minimum absolute atomic E-state index is 0.0381. The summed E-state index contributed by atoms with van der Waals surface area (Å²) >= 11 is 0. The van der Waals surface area contributed by atoms with Crippen molar-refractivity contribution in [1.29, 1.82) is 0 Å². The van der Waals surface area contributed by atoms with Crippen LogP contribution in [0.4, 0.5) is 13.2 Å². The molecule has 10 heteroatoms. The normalized spacial score (nSPS) is 12.3. The van der Waals surface area contributed by atoms with E-state index in [1.165, 1.54) is 0 Å². The maximum absolute atomic E-state index is 12.6. The van der Waals surface area contributed by atoms with Gasteiger partial charge in [-0.3, -0.25) is 9.67 Å². The van der Waals surface area contributed by atoms with E-state index in [2.05, 4.69) is 14.8 Å². The molecule has 0 saturated carbocycles. The third-order valence-electron chi connectivity index (χ3n) is 3.97. The second-order valence-electron chi connectivity index (χ2n) is 6.13. The fourth-order valence-electron chi connectivity index (χ4n) is 2.61. The first-order chi connectivity index (χ1) is 13.1. The number of aryl methyl sites for hydroxylation is 1. The summed E-state index contributed by atoms with van der Waals surface area (Å²) in [6, 6.07) is 11.2. The Bertz CT molecular complexity index is 1050. The van der Waals surface area contributed by atoms with Crippen molar-refractivity contribution in [2.45, 2.75) is 18.5 Å². The van der Waals surface area contributed by atoms with Gasteiger partial charge in [0.05, 0.1) is 34.9 Å². The van der Waals surface area contributed by atoms with Crippen molar-refractivity contribution in [3.63, 3.8) is 0 Å². The topological polar surface area (TPSA) is 76.9 Å². The van der Waals surface area contributed by atoms with Crippen molar-refractivity contribution < 1.29 is 21.6 Å². The fraction of sp³-hybridized carbons (Fsp3) is 0.222. The molecular formula is C18H17F3N4O2S. The molecule has 0 unspecified atom stereocenters. The number of benzene rings is 1. The highest BCUT2D eigenvalue weighted by atomic mass is 32.2. The standard InChI is InChI=1S/C18H17F3N4O2S/c1-25-17(16-4-2-3-9-22-16)10-15(24-25)11-23-28(26,27)12-13-5-7-14(8-6-13)18(19,20)21/h2-10,23H,11-12H2,1H3. The highest BCUT2D eigenvalue weighted by molar-refractivity contribution is 7.88. The van der Waals surface area contributed by atoms with E-state index in [9.17, 15) is 21.6 Å². The molecule has 2 heterocycles. The lowest BCUT2D eigenvalue weighted by Gasteiger charge is -2.08. The molecule has 28 heavy (non-hydrogen) atoms. The molecule has 1 aromatic carbocycles. The zero-order valence-electron chi connectivity index (χ0n) is 14.8. The van der Waals surface area contributed by atoms with Gasteiger partial charge in [0.2, 0.25) is 10.0 Å². The van der Waals surface area contributed by atoms with E-state index >= 15 is 0 Å². The van der Waals surface area contributed by atoms with E-state index in [4.69, 9.17) is 0 Å². The van der Waals surface area contributed by atoms with Crippen LogP contribution in [-0.4, -0.2) is 23.2 Å². The second kappa shape index (κ2) is 7.72. The van der Waals surface area contributed by atoms with Gasteiger partial charge in [-0.2, -0.15) is 18.3 Å². The first-order valence-electron chi connectivity index (χ1n) is 8.22. The summed E-state index contributed by atoms with van der Waals surface area (Å²) < 4.78 is 66.2. The second-order valence-corrected chi connectivity index (χ2v) is 7.94. The number of pyridine rings is 1. The Hall–Kier alpha value is -2.72. The van der Waals surface area contributed by atoms with E-state index in [1.807, 2.05) is 12.1 Å². The molecule has 1 N–H and O–H groups in total. The Morgan fingerprint density at radius 1 is 1.11 bits per heavy atom. The number of nitrogens with zero attached hydrogens (tertiary/aromatic N) is 3. The van der Waals surface area contributed by atoms with Crippen LogP contribution in [0.15, 0.2) is 54.7 Å². The van der Waals surface area contributed by atoms with Gasteiger partial charge in [-0.1, -0.05) is 18.2 Å². The smallest absolute Gasteiger partial charge is 0.266 e. The van der Waals surface area contributed by atoms with Crippen molar-refractivity contribution in [3.05, 3.63) is 71.5 Å². The molecule has 0 saturated heterocycles. The van der Waals surface area contributed by atoms with Crippen molar-refractivity contribution >= 4 is 10.0 Å². The number of rotatable bonds is 6. The Kier molecular flexibility index (Phi) is 5.52. The predicted octanol–water partition coefficient (Wildman–Crippen LogP) is 3.12. The minimum Gasteiger partial charge on any atom is -0.266 e. The summed E-state index contributed by atoms with van der Waals surface area (Å²) in [6.07, 6.45) is -2.81. The number of hydrogen-bond donors (Lipinski definition) is 1. The summed E-state index contributed by atoms with van der Waals surface area (Å²) in [7, 11) is -2.02. The van der Waals surface area contributed by atoms with Crippen molar-refractivity contribution in [2.24, 2.45) is 7.05 Å². The van der Waals surface area contributed by atoms with Gasteiger partial charge in [0.25, 0.3) is 0 Å². The molecule has 3 aromatic rings. The summed E-state index contributed by atoms with van der Waals surface area (Å²) in [5, 5.41) is 4.26. The Balaban J connectivity index is 1.65. The summed E-state index contributed by atoms with van der Waals surface area (Å²) in [5.74, 6) is -0.426. The van der Waals surface area contributed by atoms with Gasteiger partial charge < -0.3 is 0 Å². The van der Waals surface area contributed by atoms with E-state index in [-0.39, 0.29) is 12.1 Å². The summed E-state index contributed by atoms with van der Waals surface area (Å²) in [6.45, 7) is -0.0381. The van der Waals surface area contributed by atoms with Crippen LogP contribution >= 0.6 is 0 Å². The maximum Gasteiger partial charge on any atom is 0.416 e. The maximum atomic E-state index is 12.6. The first kappa shape index (κ1) is 20.0. The molecule has 0 radical (unpaired) electrons. The van der Waals surface area contributed by atoms with Gasteiger partial charge in [-0.25, -0.2) is 13.1 Å². The molecule has 148 valence electrons. The average Bonchev–Trinajstić information content (AvgIpc) is 3.01. The molecule has 0 fully saturated rings. The van der Waals surface area contributed by atoms with Crippen molar-refractivity contribution in [3.8, 4) is 11.4 Å². The van der Waals surface area contributed by atoms with Gasteiger partial charge >= 0.3 is 6.18 Å². The zero-order valence-corrected chi connectivity index (χ0v) is 15.6. The Morgan fingerprint density at radius 3 is 2.43 bits per heavy atom. The van der Waals surface area contributed by atoms with Crippen LogP contribution in [0.1, 0.15) is 16.8 Å². The third kappa shape index (κ3) is 4.96. The molecule has 2 aromatic heterocycles. The number of alkyl halides is 3. The molecule has 0 aliphatic carbocycles. The minimum atomic E-state index is -4.46. The van der Waals surface area contributed by atoms with Crippen LogP contribution in [0.5, 0.6) is 0 Å². The van der Waals surface area contributed by atoms with Crippen molar-refractivity contribution in [2.75, 3.05) is 0 Å². The van der Waals surface area contributed by atoms with E-state index < -0.39 is 27.5 Å². The molecule has 0 aliphatic heterocycles. The zero-order chi connectivity index (χ0) is 20.4. The number of hydrogen-bond acceptors (Lipinski definition) is 4. The van der Waals surface area contributed by atoms with Crippen LogP contribution in [0.25, 0.3) is 11.4 Å². The van der Waals surface area contributed by atoms with Gasteiger partial charge in [0.15, 0.2) is 0 Å². The molecule has 0 bridgehead atoms. The van der Waals surface area contributed by atoms with Crippen molar-refractivity contribution in [1.82, 2.24) is 19.5 Å². The quantitative estimate of drug-likeness (QED) is 0.678. The van der Waals surface area contributed by atoms with E-state index in [0.717, 1.165) is 30.0 Å². The average molecular weight is 410 g/mol. The highest BCUT2D eigenvalue weighted by Crippen LogP contribution is 2.29. The number of aromatic nitrogens is 3. The van der Waals surface area contributed by atoms with Gasteiger partial charge in [0, 0.05) is 13.2 Å². The third-order valence-corrected chi connectivity index (χ3v) is 5.27. The Morgan fingerprint density at radius 2 is 1.82 bits per heavy atom. The summed E-state index contributed by atoms with van der Waals surface area (Å²) in [4.78, 5) is 4.23. The van der Waals surface area contributed by atoms with E-state index in [0.29, 0.717) is 11.4 Å². The van der Waals surface area contributed by atoms with Gasteiger partial charge in [-0.15, -0.1) is 0 Å². The number of halogens is 3. The molecule has 0 amide bonds. The van der Waals surface area contributed by atoms with Crippen LogP contribution in [0.2, 0.25) is 0 Å². The molecular weight excluding hydrogens is 393 g/mol. The molecule has 0 spiro atoms. The first-order valence-corrected chi connectivity index (χ1v) is 9.87. The molecule has 3 rings (SSSR count). The fourth-order valence-corrected chi connectivity index (χ4v) is 3.71. The monoisotopic (exact) mass is 410 g/mol. The predicted molar refractivity (Wildman–Crippen MR) is 97.3 cm³/mol. The summed E-state index contributed by atoms with van der Waals surface area (Å²) in [5.41, 5.74) is 1.38. The van der Waals surface area contributed by atoms with Crippen LogP contribution in [0.3, 0.4) is 0 Å². The number of sulfonamides is 1. The van der Waals surface area contributed by atoms with Crippen LogP contribution in [0, 0.1) is 0 Å². The molecule has 6 nitrogen and oxygen atoms in total. The van der Waals surface area contributed by atoms with Gasteiger partial charge in [0.1, 0.15) is 0 Å². The van der Waals surface area contributed by atoms with Gasteiger partial charge in [-0.05, 0) is 35.9 Å². The number of nitrogens with one attached hydrogen (secondary N) is 1. The van der Waals surface area contributed by atoms with Crippen LogP contribution < -0.4 is 4.72 Å². The Labute approximate surface area is 160 Å². The van der Waals surface area contributed by atoms with Crippen LogP contribution in [-0.2, 0) is 35.5 Å². The lowest BCUT2D eigenvalue weighted by Crippen LogP contribution is -2.25.